The van der Waals surface area contributed by atoms with Gasteiger partial charge in [-0.15, -0.1) is 0 Å². The molecule has 1 aromatic carbocycles. The SMILES string of the molecule is CC(C#N)c1cc(NC(=O)OC(C)(C)C)ccc1F. The van der Waals surface area contributed by atoms with Crippen molar-refractivity contribution < 1.29 is 13.9 Å². The summed E-state index contributed by atoms with van der Waals surface area (Å²) in [6.07, 6.45) is -0.616. The second kappa shape index (κ2) is 5.70. The van der Waals surface area contributed by atoms with Crippen molar-refractivity contribution in [1.82, 2.24) is 0 Å². The highest BCUT2D eigenvalue weighted by Gasteiger charge is 2.17. The molecule has 1 atom stereocenters. The quantitative estimate of drug-likeness (QED) is 0.883. The van der Waals surface area contributed by atoms with Crippen molar-refractivity contribution in [3.63, 3.8) is 0 Å². The first kappa shape index (κ1) is 15.0. The molecule has 0 bridgehead atoms. The van der Waals surface area contributed by atoms with Crippen molar-refractivity contribution in [2.75, 3.05) is 5.32 Å². The normalized spacial score (nSPS) is 12.4. The van der Waals surface area contributed by atoms with E-state index >= 15 is 0 Å². The average molecular weight is 264 g/mol. The summed E-state index contributed by atoms with van der Waals surface area (Å²) >= 11 is 0. The van der Waals surface area contributed by atoms with Gasteiger partial charge in [0.15, 0.2) is 0 Å². The molecular weight excluding hydrogens is 247 g/mol. The van der Waals surface area contributed by atoms with E-state index in [1.165, 1.54) is 18.2 Å². The molecule has 1 rings (SSSR count). The van der Waals surface area contributed by atoms with Crippen molar-refractivity contribution >= 4 is 11.8 Å². The first-order chi connectivity index (χ1) is 8.73. The minimum absolute atomic E-state index is 0.246. The monoisotopic (exact) mass is 264 g/mol. The Bertz CT molecular complexity index is 515. The average Bonchev–Trinajstić information content (AvgIpc) is 2.28. The van der Waals surface area contributed by atoms with Crippen LogP contribution in [0.15, 0.2) is 18.2 Å². The Morgan fingerprint density at radius 3 is 2.63 bits per heavy atom. The van der Waals surface area contributed by atoms with Crippen LogP contribution in [-0.4, -0.2) is 11.7 Å². The number of carbonyl (C=O) groups excluding carboxylic acids is 1. The molecule has 0 fully saturated rings. The standard InChI is InChI=1S/C14H17FN2O2/c1-9(8-16)11-7-10(5-6-12(11)15)17-13(18)19-14(2,3)4/h5-7,9H,1-4H3,(H,17,18). The van der Waals surface area contributed by atoms with Gasteiger partial charge in [0.2, 0.25) is 0 Å². The van der Waals surface area contributed by atoms with Crippen LogP contribution in [0, 0.1) is 17.1 Å². The van der Waals surface area contributed by atoms with Crippen LogP contribution >= 0.6 is 0 Å². The van der Waals surface area contributed by atoms with E-state index in [0.717, 1.165) is 0 Å². The molecule has 0 spiro atoms. The molecule has 5 heteroatoms. The van der Waals surface area contributed by atoms with Crippen LogP contribution in [-0.2, 0) is 4.74 Å². The topological polar surface area (TPSA) is 62.1 Å². The van der Waals surface area contributed by atoms with Gasteiger partial charge in [0.25, 0.3) is 0 Å². The third-order valence-corrected chi connectivity index (χ3v) is 2.30. The van der Waals surface area contributed by atoms with Gasteiger partial charge in [-0.05, 0) is 45.9 Å². The predicted octanol–water partition coefficient (Wildman–Crippen LogP) is 3.80. The Labute approximate surface area is 112 Å². The molecule has 0 heterocycles. The second-order valence-corrected chi connectivity index (χ2v) is 5.21. The molecule has 102 valence electrons. The molecule has 4 nitrogen and oxygen atoms in total. The van der Waals surface area contributed by atoms with E-state index < -0.39 is 23.4 Å². The maximum atomic E-state index is 13.5. The molecular formula is C14H17FN2O2. The van der Waals surface area contributed by atoms with E-state index in [1.54, 1.807) is 27.7 Å². The summed E-state index contributed by atoms with van der Waals surface area (Å²) in [5.74, 6) is -1.05. The second-order valence-electron chi connectivity index (χ2n) is 5.21. The minimum atomic E-state index is -0.616. The summed E-state index contributed by atoms with van der Waals surface area (Å²) in [6, 6.07) is 6.04. The lowest BCUT2D eigenvalue weighted by Gasteiger charge is -2.20. The summed E-state index contributed by atoms with van der Waals surface area (Å²) in [5, 5.41) is 11.3. The first-order valence-corrected chi connectivity index (χ1v) is 5.92. The van der Waals surface area contributed by atoms with Crippen LogP contribution in [0.4, 0.5) is 14.9 Å². The molecule has 1 unspecified atom stereocenters. The maximum Gasteiger partial charge on any atom is 0.412 e. The van der Waals surface area contributed by atoms with E-state index in [2.05, 4.69) is 5.32 Å². The number of anilines is 1. The summed E-state index contributed by atoms with van der Waals surface area (Å²) in [4.78, 5) is 11.6. The molecule has 1 amide bonds. The van der Waals surface area contributed by atoms with Crippen LogP contribution in [0.1, 0.15) is 39.2 Å². The van der Waals surface area contributed by atoms with Crippen molar-refractivity contribution in [2.45, 2.75) is 39.2 Å². The molecule has 0 aromatic heterocycles. The van der Waals surface area contributed by atoms with Gasteiger partial charge in [0.1, 0.15) is 11.4 Å². The highest BCUT2D eigenvalue weighted by Crippen LogP contribution is 2.22. The van der Waals surface area contributed by atoms with Gasteiger partial charge >= 0.3 is 6.09 Å². The van der Waals surface area contributed by atoms with E-state index in [-0.39, 0.29) is 5.56 Å². The zero-order valence-corrected chi connectivity index (χ0v) is 11.5. The number of benzene rings is 1. The molecule has 0 saturated carbocycles. The zero-order chi connectivity index (χ0) is 14.6. The summed E-state index contributed by atoms with van der Waals surface area (Å²) in [5.41, 5.74) is 0.0381. The number of nitrogens with one attached hydrogen (secondary N) is 1. The summed E-state index contributed by atoms with van der Waals surface area (Å²) in [6.45, 7) is 6.84. The van der Waals surface area contributed by atoms with E-state index in [0.29, 0.717) is 5.69 Å². The van der Waals surface area contributed by atoms with Crippen LogP contribution in [0.2, 0.25) is 0 Å². The van der Waals surface area contributed by atoms with Crippen molar-refractivity contribution in [1.29, 1.82) is 5.26 Å². The number of hydrogen-bond donors (Lipinski definition) is 1. The number of ether oxygens (including phenoxy) is 1. The fraction of sp³-hybridized carbons (Fsp3) is 0.429. The molecule has 0 saturated heterocycles. The number of amides is 1. The number of nitrogens with zero attached hydrogens (tertiary/aromatic N) is 1. The Kier molecular flexibility index (Phi) is 4.49. The molecule has 19 heavy (non-hydrogen) atoms. The van der Waals surface area contributed by atoms with Gasteiger partial charge in [-0.2, -0.15) is 5.26 Å². The molecule has 0 aliphatic rings. The molecule has 1 aromatic rings. The van der Waals surface area contributed by atoms with Crippen LogP contribution < -0.4 is 5.32 Å². The minimum Gasteiger partial charge on any atom is -0.444 e. The molecule has 0 aliphatic heterocycles. The fourth-order valence-electron chi connectivity index (χ4n) is 1.44. The Balaban J connectivity index is 2.86. The number of hydrogen-bond acceptors (Lipinski definition) is 3. The third-order valence-electron chi connectivity index (χ3n) is 2.30. The number of halogens is 1. The lowest BCUT2D eigenvalue weighted by Crippen LogP contribution is -2.27. The van der Waals surface area contributed by atoms with E-state index in [1.807, 2.05) is 6.07 Å². The lowest BCUT2D eigenvalue weighted by atomic mass is 10.0. The van der Waals surface area contributed by atoms with Gasteiger partial charge in [-0.25, -0.2) is 9.18 Å². The predicted molar refractivity (Wildman–Crippen MR) is 70.3 cm³/mol. The number of carbonyl (C=O) groups is 1. The van der Waals surface area contributed by atoms with Gasteiger partial charge in [0, 0.05) is 11.3 Å². The Morgan fingerprint density at radius 2 is 2.11 bits per heavy atom. The van der Waals surface area contributed by atoms with Crippen molar-refractivity contribution in [3.05, 3.63) is 29.6 Å². The molecule has 0 aliphatic carbocycles. The highest BCUT2D eigenvalue weighted by molar-refractivity contribution is 5.85. The fourth-order valence-corrected chi connectivity index (χ4v) is 1.44. The van der Waals surface area contributed by atoms with Crippen molar-refractivity contribution in [2.24, 2.45) is 0 Å². The van der Waals surface area contributed by atoms with E-state index in [9.17, 15) is 9.18 Å². The van der Waals surface area contributed by atoms with Gasteiger partial charge in [-0.3, -0.25) is 5.32 Å². The van der Waals surface area contributed by atoms with Gasteiger partial charge < -0.3 is 4.74 Å². The summed E-state index contributed by atoms with van der Waals surface area (Å²) in [7, 11) is 0. The lowest BCUT2D eigenvalue weighted by molar-refractivity contribution is 0.0636. The van der Waals surface area contributed by atoms with Crippen LogP contribution in [0.25, 0.3) is 0 Å². The van der Waals surface area contributed by atoms with Gasteiger partial charge in [-0.1, -0.05) is 0 Å². The largest absolute Gasteiger partial charge is 0.444 e. The first-order valence-electron chi connectivity index (χ1n) is 5.92. The maximum absolute atomic E-state index is 13.5. The molecule has 0 radical (unpaired) electrons. The summed E-state index contributed by atoms with van der Waals surface area (Å²) < 4.78 is 18.6. The molecule has 1 N–H and O–H groups in total. The van der Waals surface area contributed by atoms with Crippen LogP contribution in [0.5, 0.6) is 0 Å². The number of rotatable bonds is 2. The van der Waals surface area contributed by atoms with Crippen LogP contribution in [0.3, 0.4) is 0 Å². The Morgan fingerprint density at radius 1 is 1.47 bits per heavy atom. The Hall–Kier alpha value is -2.09. The number of nitriles is 1. The highest BCUT2D eigenvalue weighted by atomic mass is 19.1. The van der Waals surface area contributed by atoms with E-state index in [4.69, 9.17) is 10.00 Å². The third kappa shape index (κ3) is 4.59. The van der Waals surface area contributed by atoms with Crippen molar-refractivity contribution in [3.8, 4) is 6.07 Å². The van der Waals surface area contributed by atoms with Gasteiger partial charge in [0.05, 0.1) is 12.0 Å². The zero-order valence-electron chi connectivity index (χ0n) is 11.5. The smallest absolute Gasteiger partial charge is 0.412 e.